The van der Waals surface area contributed by atoms with Crippen LogP contribution in [0.4, 0.5) is 4.39 Å². The number of rotatable bonds is 2. The van der Waals surface area contributed by atoms with E-state index in [4.69, 9.17) is 16.6 Å². The summed E-state index contributed by atoms with van der Waals surface area (Å²) in [6.45, 7) is 0. The first-order valence-corrected chi connectivity index (χ1v) is 6.95. The van der Waals surface area contributed by atoms with Crippen LogP contribution < -0.4 is 5.32 Å². The van der Waals surface area contributed by atoms with Crippen molar-refractivity contribution in [3.63, 3.8) is 0 Å². The third kappa shape index (κ3) is 2.67. The molecule has 2 heterocycles. The van der Waals surface area contributed by atoms with Gasteiger partial charge in [0.25, 0.3) is 11.8 Å². The first-order valence-electron chi connectivity index (χ1n) is 5.73. The van der Waals surface area contributed by atoms with Crippen molar-refractivity contribution in [2.75, 3.05) is 0 Å². The van der Waals surface area contributed by atoms with Gasteiger partial charge in [-0.1, -0.05) is 36.1 Å². The van der Waals surface area contributed by atoms with Crippen molar-refractivity contribution < 1.29 is 18.7 Å². The molecular formula is C13H7FN2O3S2. The number of aromatic nitrogens is 1. The summed E-state index contributed by atoms with van der Waals surface area (Å²) >= 11 is 5.76. The SMILES string of the molecule is O=C1NC(=S)SC1=C(O)c1nc(-c2cccc(F)c2)co1. The zero-order valence-corrected chi connectivity index (χ0v) is 11.9. The van der Waals surface area contributed by atoms with Crippen LogP contribution >= 0.6 is 24.0 Å². The molecule has 3 rings (SSSR count). The maximum atomic E-state index is 13.2. The molecule has 1 aromatic carbocycles. The van der Waals surface area contributed by atoms with Crippen LogP contribution in [0.2, 0.25) is 0 Å². The van der Waals surface area contributed by atoms with E-state index in [1.807, 2.05) is 0 Å². The van der Waals surface area contributed by atoms with Crippen LogP contribution in [0.3, 0.4) is 0 Å². The van der Waals surface area contributed by atoms with Gasteiger partial charge in [0.15, 0.2) is 5.76 Å². The number of aliphatic hydroxyl groups excluding tert-OH is 1. The van der Waals surface area contributed by atoms with Gasteiger partial charge in [0.2, 0.25) is 0 Å². The number of thiocarbonyl (C=S) groups is 1. The van der Waals surface area contributed by atoms with E-state index in [1.165, 1.54) is 24.5 Å². The van der Waals surface area contributed by atoms with Crippen LogP contribution in [0.15, 0.2) is 39.9 Å². The van der Waals surface area contributed by atoms with E-state index in [9.17, 15) is 14.3 Å². The van der Waals surface area contributed by atoms with Gasteiger partial charge in [-0.15, -0.1) is 0 Å². The normalized spacial score (nSPS) is 17.0. The summed E-state index contributed by atoms with van der Waals surface area (Å²) in [4.78, 5) is 15.6. The number of amides is 1. The van der Waals surface area contributed by atoms with Crippen LogP contribution in [0.5, 0.6) is 0 Å². The van der Waals surface area contributed by atoms with Crippen molar-refractivity contribution in [3.05, 3.63) is 47.1 Å². The number of benzene rings is 1. The predicted molar refractivity (Wildman–Crippen MR) is 79.8 cm³/mol. The maximum Gasteiger partial charge on any atom is 0.267 e. The molecule has 8 heteroatoms. The van der Waals surface area contributed by atoms with Crippen LogP contribution in [0.25, 0.3) is 17.0 Å². The van der Waals surface area contributed by atoms with Crippen LogP contribution in [-0.4, -0.2) is 20.3 Å². The third-order valence-corrected chi connectivity index (χ3v) is 3.88. The lowest BCUT2D eigenvalue weighted by molar-refractivity contribution is -0.115. The van der Waals surface area contributed by atoms with Gasteiger partial charge in [0.1, 0.15) is 27.0 Å². The summed E-state index contributed by atoms with van der Waals surface area (Å²) < 4.78 is 18.6. The van der Waals surface area contributed by atoms with Crippen LogP contribution in [0, 0.1) is 5.82 Å². The standard InChI is InChI=1S/C13H7FN2O3S2/c14-7-3-1-2-6(4-7)8-5-19-12(15-8)9(17)10-11(18)16-13(20)21-10/h1-5,17H,(H,16,18,20). The largest absolute Gasteiger partial charge is 0.502 e. The highest BCUT2D eigenvalue weighted by Crippen LogP contribution is 2.31. The van der Waals surface area contributed by atoms with E-state index in [1.54, 1.807) is 6.07 Å². The molecule has 1 fully saturated rings. The third-order valence-electron chi connectivity index (χ3n) is 2.66. The number of carbonyl (C=O) groups is 1. The second-order valence-corrected chi connectivity index (χ2v) is 5.76. The molecule has 1 aromatic heterocycles. The zero-order chi connectivity index (χ0) is 15.0. The highest BCUT2D eigenvalue weighted by molar-refractivity contribution is 8.26. The van der Waals surface area contributed by atoms with Crippen LogP contribution in [-0.2, 0) is 4.79 Å². The first kappa shape index (κ1) is 13.8. The number of carbonyl (C=O) groups excluding carboxylic acids is 1. The second-order valence-electron chi connectivity index (χ2n) is 4.07. The average Bonchev–Trinajstić information content (AvgIpc) is 3.05. The fraction of sp³-hybridized carbons (Fsp3) is 0. The Balaban J connectivity index is 1.97. The van der Waals surface area contributed by atoms with Gasteiger partial charge >= 0.3 is 0 Å². The molecule has 1 aliphatic heterocycles. The monoisotopic (exact) mass is 322 g/mol. The van der Waals surface area contributed by atoms with E-state index < -0.39 is 17.5 Å². The quantitative estimate of drug-likeness (QED) is 0.503. The summed E-state index contributed by atoms with van der Waals surface area (Å²) in [5.41, 5.74) is 0.851. The Labute approximate surface area is 127 Å². The number of thioether (sulfide) groups is 1. The van der Waals surface area contributed by atoms with E-state index >= 15 is 0 Å². The number of aliphatic hydroxyl groups is 1. The van der Waals surface area contributed by atoms with Gasteiger partial charge < -0.3 is 14.8 Å². The van der Waals surface area contributed by atoms with Gasteiger partial charge in [0.05, 0.1) is 0 Å². The average molecular weight is 322 g/mol. The van der Waals surface area contributed by atoms with Crippen molar-refractivity contribution in [1.82, 2.24) is 10.3 Å². The van der Waals surface area contributed by atoms with Crippen molar-refractivity contribution in [2.24, 2.45) is 0 Å². The Hall–Kier alpha value is -2.19. The Morgan fingerprint density at radius 2 is 2.29 bits per heavy atom. The molecule has 0 aliphatic carbocycles. The molecule has 0 radical (unpaired) electrons. The molecule has 0 atom stereocenters. The number of hydrogen-bond acceptors (Lipinski definition) is 6. The van der Waals surface area contributed by atoms with E-state index in [0.29, 0.717) is 11.3 Å². The fourth-order valence-electron chi connectivity index (χ4n) is 1.73. The van der Waals surface area contributed by atoms with Gasteiger partial charge in [-0.2, -0.15) is 0 Å². The molecule has 0 bridgehead atoms. The number of oxazole rings is 1. The molecule has 1 amide bonds. The van der Waals surface area contributed by atoms with E-state index in [-0.39, 0.29) is 15.1 Å². The number of halogens is 1. The lowest BCUT2D eigenvalue weighted by atomic mass is 10.2. The summed E-state index contributed by atoms with van der Waals surface area (Å²) in [6.07, 6.45) is 1.27. The lowest BCUT2D eigenvalue weighted by Crippen LogP contribution is -2.18. The van der Waals surface area contributed by atoms with Crippen molar-refractivity contribution in [3.8, 4) is 11.3 Å². The minimum absolute atomic E-state index is 0.0210. The Morgan fingerprint density at radius 3 is 2.95 bits per heavy atom. The second kappa shape index (κ2) is 5.30. The highest BCUT2D eigenvalue weighted by atomic mass is 32.2. The molecule has 1 saturated heterocycles. The molecule has 0 spiro atoms. The minimum atomic E-state index is -0.506. The predicted octanol–water partition coefficient (Wildman–Crippen LogP) is 2.86. The number of nitrogens with one attached hydrogen (secondary N) is 1. The summed E-state index contributed by atoms with van der Waals surface area (Å²) in [7, 11) is 0. The summed E-state index contributed by atoms with van der Waals surface area (Å²) in [6, 6.07) is 5.79. The molecule has 2 aromatic rings. The maximum absolute atomic E-state index is 13.2. The minimum Gasteiger partial charge on any atom is -0.502 e. The van der Waals surface area contributed by atoms with Crippen molar-refractivity contribution in [2.45, 2.75) is 0 Å². The Bertz CT molecular complexity index is 785. The van der Waals surface area contributed by atoms with Gasteiger partial charge in [-0.25, -0.2) is 9.37 Å². The number of hydrogen-bond donors (Lipinski definition) is 2. The summed E-state index contributed by atoms with van der Waals surface area (Å²) in [5, 5.41) is 12.4. The van der Waals surface area contributed by atoms with Crippen LogP contribution in [0.1, 0.15) is 5.89 Å². The molecule has 21 heavy (non-hydrogen) atoms. The molecule has 1 aliphatic rings. The first-order chi connectivity index (χ1) is 10.0. The molecular weight excluding hydrogens is 315 g/mol. The molecule has 2 N–H and O–H groups in total. The van der Waals surface area contributed by atoms with E-state index in [2.05, 4.69) is 10.3 Å². The Kier molecular flexibility index (Phi) is 3.48. The van der Waals surface area contributed by atoms with Gasteiger partial charge in [0, 0.05) is 5.56 Å². The fourth-order valence-corrected chi connectivity index (χ4v) is 2.73. The summed E-state index contributed by atoms with van der Waals surface area (Å²) in [5.74, 6) is -1.44. The smallest absolute Gasteiger partial charge is 0.267 e. The highest BCUT2D eigenvalue weighted by Gasteiger charge is 2.28. The van der Waals surface area contributed by atoms with Crippen molar-refractivity contribution in [1.29, 1.82) is 0 Å². The molecule has 106 valence electrons. The topological polar surface area (TPSA) is 75.4 Å². The van der Waals surface area contributed by atoms with Gasteiger partial charge in [-0.05, 0) is 12.1 Å². The molecule has 0 unspecified atom stereocenters. The van der Waals surface area contributed by atoms with Gasteiger partial charge in [-0.3, -0.25) is 4.79 Å². The Morgan fingerprint density at radius 1 is 1.48 bits per heavy atom. The van der Waals surface area contributed by atoms with E-state index in [0.717, 1.165) is 11.8 Å². The zero-order valence-electron chi connectivity index (χ0n) is 10.3. The number of nitrogens with zero attached hydrogens (tertiary/aromatic N) is 1. The molecule has 0 saturated carbocycles. The molecule has 5 nitrogen and oxygen atoms in total. The lowest BCUT2D eigenvalue weighted by Gasteiger charge is -1.96. The van der Waals surface area contributed by atoms with Crippen molar-refractivity contribution >= 4 is 40.0 Å².